The number of nitrogens with zero attached hydrogens (tertiary/aromatic N) is 2. The van der Waals surface area contributed by atoms with Crippen molar-refractivity contribution < 1.29 is 23.7 Å². The summed E-state index contributed by atoms with van der Waals surface area (Å²) in [5.74, 6) is -2.41. The molecular formula is C31H21N3O6. The standard InChI is InChI=1S/C31H21N3O6/c35-28(19-11-14-20(15-12-19)34(38)39)27-26(29(36)24-10-5-17-40-24)31(21-7-2-3-8-22(21)32-30(31)37)25-16-13-18-6-1-4-9-23(18)33(25)27/h1-17,25-27H,(H,32,37). The van der Waals surface area contributed by atoms with Crippen LogP contribution in [0.2, 0.25) is 0 Å². The lowest BCUT2D eigenvalue weighted by Gasteiger charge is -2.37. The van der Waals surface area contributed by atoms with E-state index in [0.29, 0.717) is 16.9 Å². The number of nitrogens with one attached hydrogen (secondary N) is 1. The highest BCUT2D eigenvalue weighted by Gasteiger charge is 2.70. The van der Waals surface area contributed by atoms with Gasteiger partial charge in [0.15, 0.2) is 11.5 Å². The van der Waals surface area contributed by atoms with Gasteiger partial charge in [0.1, 0.15) is 11.5 Å². The van der Waals surface area contributed by atoms with Crippen molar-refractivity contribution in [2.75, 3.05) is 10.2 Å². The monoisotopic (exact) mass is 531 g/mol. The lowest BCUT2D eigenvalue weighted by molar-refractivity contribution is -0.384. The van der Waals surface area contributed by atoms with Gasteiger partial charge >= 0.3 is 0 Å². The van der Waals surface area contributed by atoms with Gasteiger partial charge in [0.05, 0.1) is 23.1 Å². The van der Waals surface area contributed by atoms with Crippen LogP contribution in [0.1, 0.15) is 32.0 Å². The predicted octanol–water partition coefficient (Wildman–Crippen LogP) is 5.04. The molecule has 9 heteroatoms. The molecule has 0 saturated carbocycles. The maximum absolute atomic E-state index is 14.5. The quantitative estimate of drug-likeness (QED) is 0.217. The van der Waals surface area contributed by atoms with Gasteiger partial charge in [0.2, 0.25) is 11.7 Å². The number of rotatable bonds is 5. The summed E-state index contributed by atoms with van der Waals surface area (Å²) in [6.07, 6.45) is 5.18. The van der Waals surface area contributed by atoms with Crippen molar-refractivity contribution in [2.45, 2.75) is 17.5 Å². The molecule has 4 aromatic rings. The molecule has 4 heterocycles. The third-order valence-corrected chi connectivity index (χ3v) is 8.22. The maximum Gasteiger partial charge on any atom is 0.269 e. The highest BCUT2D eigenvalue weighted by atomic mass is 16.6. The van der Waals surface area contributed by atoms with Gasteiger partial charge in [0.25, 0.3) is 5.69 Å². The number of furan rings is 1. The summed E-state index contributed by atoms with van der Waals surface area (Å²) in [4.78, 5) is 55.7. The normalized spacial score (nSPS) is 23.9. The summed E-state index contributed by atoms with van der Waals surface area (Å²) >= 11 is 0. The molecule has 1 saturated heterocycles. The van der Waals surface area contributed by atoms with Crippen LogP contribution in [0.5, 0.6) is 0 Å². The summed E-state index contributed by atoms with van der Waals surface area (Å²) < 4.78 is 5.53. The topological polar surface area (TPSA) is 123 Å². The molecule has 9 nitrogen and oxygen atoms in total. The predicted molar refractivity (Wildman–Crippen MR) is 146 cm³/mol. The molecule has 1 amide bonds. The molecule has 1 aromatic heterocycles. The number of non-ortho nitro benzene ring substituents is 1. The number of carbonyl (C=O) groups is 3. The third-order valence-electron chi connectivity index (χ3n) is 8.22. The molecule has 3 aliphatic rings. The Bertz CT molecular complexity index is 1740. The summed E-state index contributed by atoms with van der Waals surface area (Å²) in [7, 11) is 0. The van der Waals surface area contributed by atoms with Crippen LogP contribution in [0, 0.1) is 16.0 Å². The molecule has 7 rings (SSSR count). The zero-order chi connectivity index (χ0) is 27.6. The van der Waals surface area contributed by atoms with Gasteiger partial charge in [0, 0.05) is 29.1 Å². The van der Waals surface area contributed by atoms with Crippen molar-refractivity contribution in [3.05, 3.63) is 130 Å². The second-order valence-electron chi connectivity index (χ2n) is 10.1. The highest BCUT2D eigenvalue weighted by molar-refractivity contribution is 6.18. The van der Waals surface area contributed by atoms with E-state index in [-0.39, 0.29) is 22.9 Å². The minimum Gasteiger partial charge on any atom is -0.461 e. The van der Waals surface area contributed by atoms with Crippen LogP contribution in [0.4, 0.5) is 17.1 Å². The van der Waals surface area contributed by atoms with Crippen LogP contribution >= 0.6 is 0 Å². The molecule has 4 atom stereocenters. The molecule has 1 spiro atoms. The molecule has 1 fully saturated rings. The number of para-hydroxylation sites is 2. The first kappa shape index (κ1) is 23.8. The van der Waals surface area contributed by atoms with Gasteiger partial charge in [-0.2, -0.15) is 0 Å². The average molecular weight is 532 g/mol. The molecule has 3 aliphatic heterocycles. The molecule has 1 N–H and O–H groups in total. The fourth-order valence-corrected chi connectivity index (χ4v) is 6.61. The maximum atomic E-state index is 14.5. The van der Waals surface area contributed by atoms with E-state index in [1.807, 2.05) is 53.5 Å². The molecule has 40 heavy (non-hydrogen) atoms. The van der Waals surface area contributed by atoms with Gasteiger partial charge in [-0.05, 0) is 47.5 Å². The van der Waals surface area contributed by atoms with E-state index < -0.39 is 39.9 Å². The summed E-state index contributed by atoms with van der Waals surface area (Å²) in [6, 6.07) is 21.4. The third kappa shape index (κ3) is 3.11. The first-order chi connectivity index (χ1) is 19.4. The van der Waals surface area contributed by atoms with E-state index in [1.165, 1.54) is 36.6 Å². The van der Waals surface area contributed by atoms with Crippen LogP contribution in [0.15, 0.2) is 102 Å². The summed E-state index contributed by atoms with van der Waals surface area (Å²) in [6.45, 7) is 0. The Labute approximate surface area is 227 Å². The Balaban J connectivity index is 1.51. The van der Waals surface area contributed by atoms with Gasteiger partial charge in [-0.3, -0.25) is 24.5 Å². The highest BCUT2D eigenvalue weighted by Crippen LogP contribution is 2.58. The van der Waals surface area contributed by atoms with Crippen molar-refractivity contribution in [1.82, 2.24) is 0 Å². The van der Waals surface area contributed by atoms with Gasteiger partial charge in [-0.15, -0.1) is 0 Å². The average Bonchev–Trinajstić information content (AvgIpc) is 3.69. The minimum atomic E-state index is -1.45. The van der Waals surface area contributed by atoms with Gasteiger partial charge in [-0.1, -0.05) is 48.6 Å². The van der Waals surface area contributed by atoms with Gasteiger partial charge < -0.3 is 14.6 Å². The number of benzene rings is 3. The smallest absolute Gasteiger partial charge is 0.269 e. The number of hydrogen-bond donors (Lipinski definition) is 1. The van der Waals surface area contributed by atoms with Crippen molar-refractivity contribution in [1.29, 1.82) is 0 Å². The Morgan fingerprint density at radius 1 is 0.925 bits per heavy atom. The fraction of sp³-hybridized carbons (Fsp3) is 0.129. The number of fused-ring (bicyclic) bond motifs is 6. The van der Waals surface area contributed by atoms with E-state index in [2.05, 4.69) is 5.32 Å². The molecule has 4 unspecified atom stereocenters. The van der Waals surface area contributed by atoms with Crippen molar-refractivity contribution in [2.24, 2.45) is 5.92 Å². The van der Waals surface area contributed by atoms with E-state index in [0.717, 1.165) is 5.56 Å². The molecule has 196 valence electrons. The lowest BCUT2D eigenvalue weighted by atomic mass is 9.64. The second-order valence-corrected chi connectivity index (χ2v) is 10.1. The number of anilines is 2. The summed E-state index contributed by atoms with van der Waals surface area (Å²) in [5.41, 5.74) is 1.35. The molecule has 3 aromatic carbocycles. The fourth-order valence-electron chi connectivity index (χ4n) is 6.61. The number of hydrogen-bond acceptors (Lipinski definition) is 7. The molecule has 0 aliphatic carbocycles. The second kappa shape index (κ2) is 8.60. The first-order valence-electron chi connectivity index (χ1n) is 12.8. The van der Waals surface area contributed by atoms with Crippen molar-refractivity contribution >= 4 is 40.6 Å². The Morgan fingerprint density at radius 3 is 2.42 bits per heavy atom. The zero-order valence-electron chi connectivity index (χ0n) is 20.9. The zero-order valence-corrected chi connectivity index (χ0v) is 20.9. The molecule has 0 radical (unpaired) electrons. The van der Waals surface area contributed by atoms with E-state index in [9.17, 15) is 24.5 Å². The van der Waals surface area contributed by atoms with Crippen LogP contribution in [0.25, 0.3) is 6.08 Å². The number of nitro groups is 1. The Hall–Kier alpha value is -5.31. The SMILES string of the molecule is O=C(c1ccc([N+](=O)[O-])cc1)C1C(C(=O)c2ccco2)C2(C(=O)Nc3ccccc32)C2C=Cc3ccccc3N12. The molecule has 0 bridgehead atoms. The van der Waals surface area contributed by atoms with E-state index in [1.54, 1.807) is 18.2 Å². The Kier molecular flexibility index (Phi) is 5.11. The van der Waals surface area contributed by atoms with Crippen LogP contribution in [-0.4, -0.2) is 34.5 Å². The van der Waals surface area contributed by atoms with Crippen LogP contribution in [-0.2, 0) is 10.2 Å². The largest absolute Gasteiger partial charge is 0.461 e. The number of ketones is 2. The molecular weight excluding hydrogens is 510 g/mol. The number of amides is 1. The van der Waals surface area contributed by atoms with Crippen LogP contribution < -0.4 is 10.2 Å². The first-order valence-corrected chi connectivity index (χ1v) is 12.8. The lowest BCUT2D eigenvalue weighted by Crippen LogP contribution is -2.51. The van der Waals surface area contributed by atoms with Crippen molar-refractivity contribution in [3.63, 3.8) is 0 Å². The number of Topliss-reactive ketones (excluding diaryl/α,β-unsaturated/α-hetero) is 2. The number of nitro benzene ring substituents is 1. The Morgan fingerprint density at radius 2 is 1.68 bits per heavy atom. The summed E-state index contributed by atoms with van der Waals surface area (Å²) in [5, 5.41) is 14.2. The minimum absolute atomic E-state index is 0.0418. The number of carbonyl (C=O) groups excluding carboxylic acids is 3. The van der Waals surface area contributed by atoms with Gasteiger partial charge in [-0.25, -0.2) is 0 Å². The van der Waals surface area contributed by atoms with Crippen LogP contribution in [0.3, 0.4) is 0 Å². The van der Waals surface area contributed by atoms with E-state index >= 15 is 0 Å². The van der Waals surface area contributed by atoms with Crippen molar-refractivity contribution in [3.8, 4) is 0 Å². The van der Waals surface area contributed by atoms with E-state index in [4.69, 9.17) is 4.42 Å².